The van der Waals surface area contributed by atoms with Gasteiger partial charge in [-0.05, 0) is 24.6 Å². The lowest BCUT2D eigenvalue weighted by Crippen LogP contribution is -2.21. The quantitative estimate of drug-likeness (QED) is 0.582. The summed E-state index contributed by atoms with van der Waals surface area (Å²) in [6.07, 6.45) is 0. The third-order valence-corrected chi connectivity index (χ3v) is 2.56. The van der Waals surface area contributed by atoms with Crippen LogP contribution in [0.4, 0.5) is 5.69 Å². The molecule has 0 aliphatic heterocycles. The smallest absolute Gasteiger partial charge is 0.0916 e. The van der Waals surface area contributed by atoms with Gasteiger partial charge >= 0.3 is 0 Å². The van der Waals surface area contributed by atoms with Crippen LogP contribution in [0.15, 0.2) is 24.3 Å². The van der Waals surface area contributed by atoms with E-state index in [1.165, 1.54) is 11.3 Å². The van der Waals surface area contributed by atoms with Gasteiger partial charge in [0.1, 0.15) is 0 Å². The van der Waals surface area contributed by atoms with E-state index in [0.29, 0.717) is 13.2 Å². The van der Waals surface area contributed by atoms with Crippen LogP contribution in [-0.4, -0.2) is 34.4 Å². The van der Waals surface area contributed by atoms with E-state index >= 15 is 0 Å². The first-order valence-corrected chi connectivity index (χ1v) is 5.78. The largest absolute Gasteiger partial charge is 0.382 e. The van der Waals surface area contributed by atoms with Crippen LogP contribution >= 0.6 is 0 Å². The molecule has 1 unspecified atom stereocenters. The second kappa shape index (κ2) is 7.27. The zero-order valence-corrected chi connectivity index (χ0v) is 11.1. The Balaban J connectivity index is 2.43. The minimum atomic E-state index is 0.170. The van der Waals surface area contributed by atoms with Crippen LogP contribution in [0.5, 0.6) is 0 Å². The Labute approximate surface area is 103 Å². The third kappa shape index (κ3) is 4.73. The number of hydrogen-bond acceptors (Lipinski definition) is 4. The van der Waals surface area contributed by atoms with Gasteiger partial charge in [-0.15, -0.1) is 0 Å². The molecular weight excluding hydrogens is 216 g/mol. The number of ether oxygens (including phenoxy) is 1. The van der Waals surface area contributed by atoms with Crippen LogP contribution in [0.1, 0.15) is 18.5 Å². The summed E-state index contributed by atoms with van der Waals surface area (Å²) in [5.74, 6) is 0. The van der Waals surface area contributed by atoms with Crippen molar-refractivity contribution in [2.45, 2.75) is 13.0 Å². The van der Waals surface area contributed by atoms with Crippen LogP contribution in [0, 0.1) is 0 Å². The molecule has 0 aliphatic rings. The Bertz CT molecular complexity index is 312. The maximum Gasteiger partial charge on any atom is 0.0916 e. The molecule has 0 aliphatic carbocycles. The normalized spacial score (nSPS) is 12.5. The Morgan fingerprint density at radius 3 is 2.35 bits per heavy atom. The Morgan fingerprint density at radius 1 is 1.18 bits per heavy atom. The van der Waals surface area contributed by atoms with E-state index in [1.807, 2.05) is 14.1 Å². The second-order valence-corrected chi connectivity index (χ2v) is 4.17. The van der Waals surface area contributed by atoms with E-state index in [2.05, 4.69) is 41.6 Å². The first-order chi connectivity index (χ1) is 8.15. The number of rotatable bonds is 7. The molecule has 96 valence electrons. The molecule has 0 saturated heterocycles. The number of anilines is 1. The fourth-order valence-electron chi connectivity index (χ4n) is 1.44. The Hall–Kier alpha value is -1.10. The van der Waals surface area contributed by atoms with Gasteiger partial charge in [-0.2, -0.15) is 5.48 Å². The third-order valence-electron chi connectivity index (χ3n) is 2.56. The van der Waals surface area contributed by atoms with Crippen molar-refractivity contribution < 1.29 is 9.57 Å². The Kier molecular flexibility index (Phi) is 5.97. The van der Waals surface area contributed by atoms with Crippen molar-refractivity contribution in [2.24, 2.45) is 0 Å². The number of nitrogens with one attached hydrogen (secondary N) is 1. The highest BCUT2D eigenvalue weighted by molar-refractivity contribution is 5.46. The molecule has 1 N–H and O–H groups in total. The standard InChI is InChI=1S/C13H22N2O2/c1-11(14-17-10-9-16-4)12-5-7-13(8-6-12)15(2)3/h5-8,11,14H,9-10H2,1-4H3. The van der Waals surface area contributed by atoms with Crippen molar-refractivity contribution >= 4 is 5.69 Å². The SMILES string of the molecule is COCCONC(C)c1ccc(N(C)C)cc1. The lowest BCUT2D eigenvalue weighted by atomic mass is 10.1. The maximum absolute atomic E-state index is 5.28. The van der Waals surface area contributed by atoms with Gasteiger partial charge in [-0.3, -0.25) is 4.84 Å². The molecule has 0 fully saturated rings. The van der Waals surface area contributed by atoms with Gasteiger partial charge in [0.25, 0.3) is 0 Å². The predicted octanol–water partition coefficient (Wildman–Crippen LogP) is 1.98. The van der Waals surface area contributed by atoms with Gasteiger partial charge in [0.2, 0.25) is 0 Å². The lowest BCUT2D eigenvalue weighted by Gasteiger charge is -2.16. The zero-order chi connectivity index (χ0) is 12.7. The fraction of sp³-hybridized carbons (Fsp3) is 0.538. The van der Waals surface area contributed by atoms with Gasteiger partial charge in [0.15, 0.2) is 0 Å². The van der Waals surface area contributed by atoms with E-state index in [9.17, 15) is 0 Å². The van der Waals surface area contributed by atoms with E-state index < -0.39 is 0 Å². The fourth-order valence-corrected chi connectivity index (χ4v) is 1.44. The topological polar surface area (TPSA) is 33.7 Å². The summed E-state index contributed by atoms with van der Waals surface area (Å²) in [5.41, 5.74) is 5.39. The Morgan fingerprint density at radius 2 is 1.82 bits per heavy atom. The molecule has 0 amide bonds. The van der Waals surface area contributed by atoms with Crippen molar-refractivity contribution in [1.29, 1.82) is 0 Å². The minimum Gasteiger partial charge on any atom is -0.382 e. The summed E-state index contributed by atoms with van der Waals surface area (Å²) in [7, 11) is 5.72. The number of hydroxylamine groups is 1. The van der Waals surface area contributed by atoms with E-state index in [4.69, 9.17) is 9.57 Å². The number of hydrogen-bond donors (Lipinski definition) is 1. The van der Waals surface area contributed by atoms with Gasteiger partial charge in [-0.25, -0.2) is 0 Å². The first kappa shape index (κ1) is 14.0. The van der Waals surface area contributed by atoms with Crippen molar-refractivity contribution in [1.82, 2.24) is 5.48 Å². The monoisotopic (exact) mass is 238 g/mol. The summed E-state index contributed by atoms with van der Waals surface area (Å²) in [6.45, 7) is 3.22. The highest BCUT2D eigenvalue weighted by Gasteiger charge is 2.05. The van der Waals surface area contributed by atoms with Gasteiger partial charge in [0, 0.05) is 26.9 Å². The van der Waals surface area contributed by atoms with Crippen LogP contribution in [0.25, 0.3) is 0 Å². The van der Waals surface area contributed by atoms with Gasteiger partial charge in [-0.1, -0.05) is 12.1 Å². The van der Waals surface area contributed by atoms with Crippen molar-refractivity contribution in [3.05, 3.63) is 29.8 Å². The summed E-state index contributed by atoms with van der Waals surface area (Å²) in [4.78, 5) is 7.36. The van der Waals surface area contributed by atoms with Crippen LogP contribution in [0.2, 0.25) is 0 Å². The first-order valence-electron chi connectivity index (χ1n) is 5.78. The minimum absolute atomic E-state index is 0.170. The molecule has 0 radical (unpaired) electrons. The molecule has 1 atom stereocenters. The molecule has 4 nitrogen and oxygen atoms in total. The van der Waals surface area contributed by atoms with Crippen molar-refractivity contribution in [2.75, 3.05) is 39.3 Å². The van der Waals surface area contributed by atoms with E-state index in [0.717, 1.165) is 0 Å². The second-order valence-electron chi connectivity index (χ2n) is 4.17. The maximum atomic E-state index is 5.28. The van der Waals surface area contributed by atoms with Crippen molar-refractivity contribution in [3.8, 4) is 0 Å². The summed E-state index contributed by atoms with van der Waals surface area (Å²) < 4.78 is 4.90. The molecule has 0 heterocycles. The average molecular weight is 238 g/mol. The zero-order valence-electron chi connectivity index (χ0n) is 11.1. The summed E-state index contributed by atoms with van der Waals surface area (Å²) in [5, 5.41) is 0. The van der Waals surface area contributed by atoms with Crippen molar-refractivity contribution in [3.63, 3.8) is 0 Å². The summed E-state index contributed by atoms with van der Waals surface area (Å²) in [6, 6.07) is 8.58. The molecule has 4 heteroatoms. The molecule has 1 aromatic carbocycles. The number of nitrogens with zero attached hydrogens (tertiary/aromatic N) is 1. The van der Waals surface area contributed by atoms with Gasteiger partial charge < -0.3 is 9.64 Å². The molecular formula is C13H22N2O2. The molecule has 1 rings (SSSR count). The van der Waals surface area contributed by atoms with Gasteiger partial charge in [0.05, 0.1) is 19.3 Å². The molecule has 0 saturated carbocycles. The molecule has 0 aromatic heterocycles. The number of benzene rings is 1. The van der Waals surface area contributed by atoms with E-state index in [-0.39, 0.29) is 6.04 Å². The predicted molar refractivity (Wildman–Crippen MR) is 70.1 cm³/mol. The summed E-state index contributed by atoms with van der Waals surface area (Å²) >= 11 is 0. The number of methoxy groups -OCH3 is 1. The van der Waals surface area contributed by atoms with Crippen LogP contribution in [0.3, 0.4) is 0 Å². The molecule has 0 spiro atoms. The lowest BCUT2D eigenvalue weighted by molar-refractivity contribution is -0.00924. The molecule has 0 bridgehead atoms. The highest BCUT2D eigenvalue weighted by Crippen LogP contribution is 2.17. The average Bonchev–Trinajstić information content (AvgIpc) is 2.34. The highest BCUT2D eigenvalue weighted by atomic mass is 16.7. The molecule has 17 heavy (non-hydrogen) atoms. The molecule has 1 aromatic rings. The van der Waals surface area contributed by atoms with Crippen LogP contribution in [-0.2, 0) is 9.57 Å². The van der Waals surface area contributed by atoms with Crippen LogP contribution < -0.4 is 10.4 Å². The van der Waals surface area contributed by atoms with E-state index in [1.54, 1.807) is 7.11 Å².